The smallest absolute Gasteiger partial charge is 0.154 e. The molecule has 0 bridgehead atoms. The summed E-state index contributed by atoms with van der Waals surface area (Å²) in [6.45, 7) is 1.90. The van der Waals surface area contributed by atoms with Crippen molar-refractivity contribution in [1.82, 2.24) is 0 Å². The molecule has 2 nitrogen and oxygen atoms in total. The van der Waals surface area contributed by atoms with Gasteiger partial charge in [-0.25, -0.2) is 0 Å². The van der Waals surface area contributed by atoms with E-state index in [9.17, 15) is 4.79 Å². The van der Waals surface area contributed by atoms with Gasteiger partial charge in [-0.1, -0.05) is 17.5 Å². The van der Waals surface area contributed by atoms with Gasteiger partial charge in [0.05, 0.1) is 5.56 Å². The molecule has 3 heteroatoms. The topological polar surface area (TPSA) is 26.3 Å². The highest BCUT2D eigenvalue weighted by Gasteiger charge is 2.08. The van der Waals surface area contributed by atoms with Gasteiger partial charge < -0.3 is 4.74 Å². The molecule has 0 amide bonds. The van der Waals surface area contributed by atoms with Crippen LogP contribution in [0.2, 0.25) is 5.02 Å². The number of ether oxygens (including phenoxy) is 1. The molecule has 0 aliphatic carbocycles. The first-order valence-electron chi connectivity index (χ1n) is 4.01. The van der Waals surface area contributed by atoms with Gasteiger partial charge in [0.15, 0.2) is 6.29 Å². The van der Waals surface area contributed by atoms with Crippen LogP contribution in [0.15, 0.2) is 12.1 Å². The van der Waals surface area contributed by atoms with E-state index in [2.05, 4.69) is 5.92 Å². The molecule has 0 radical (unpaired) electrons. The molecule has 0 saturated heterocycles. The maximum absolute atomic E-state index is 10.8. The minimum absolute atomic E-state index is 0.141. The van der Waals surface area contributed by atoms with Crippen molar-refractivity contribution in [2.45, 2.75) is 6.92 Å². The lowest BCUT2D eigenvalue weighted by Gasteiger charge is -2.08. The van der Waals surface area contributed by atoms with Crippen molar-refractivity contribution in [2.75, 3.05) is 6.61 Å². The van der Waals surface area contributed by atoms with Gasteiger partial charge in [-0.3, -0.25) is 4.79 Å². The van der Waals surface area contributed by atoms with Gasteiger partial charge in [-0.2, -0.15) is 0 Å². The van der Waals surface area contributed by atoms with Crippen LogP contribution in [0.3, 0.4) is 0 Å². The fourth-order valence-corrected chi connectivity index (χ4v) is 1.23. The molecule has 0 unspecified atom stereocenters. The summed E-state index contributed by atoms with van der Waals surface area (Å²) in [5.74, 6) is 2.80. The van der Waals surface area contributed by atoms with Gasteiger partial charge in [0.25, 0.3) is 0 Å². The fraction of sp³-hybridized carbons (Fsp3) is 0.182. The van der Waals surface area contributed by atoms with Crippen LogP contribution in [0.5, 0.6) is 5.75 Å². The summed E-state index contributed by atoms with van der Waals surface area (Å²) < 4.78 is 5.19. The second kappa shape index (κ2) is 4.69. The number of benzene rings is 1. The van der Waals surface area contributed by atoms with Crippen molar-refractivity contribution in [3.8, 4) is 18.1 Å². The number of hydrogen-bond acceptors (Lipinski definition) is 2. The highest BCUT2D eigenvalue weighted by Crippen LogP contribution is 2.26. The summed E-state index contributed by atoms with van der Waals surface area (Å²) in [5.41, 5.74) is 1.16. The molecule has 0 saturated carbocycles. The molecule has 0 aliphatic rings. The molecule has 0 heterocycles. The third-order valence-electron chi connectivity index (χ3n) is 1.84. The molecular weight excluding hydrogens is 200 g/mol. The number of rotatable bonds is 3. The highest BCUT2D eigenvalue weighted by molar-refractivity contribution is 6.31. The largest absolute Gasteiger partial charge is 0.480 e. The first-order valence-corrected chi connectivity index (χ1v) is 4.39. The van der Waals surface area contributed by atoms with Crippen LogP contribution in [0.1, 0.15) is 15.9 Å². The average Bonchev–Trinajstić information content (AvgIpc) is 2.20. The van der Waals surface area contributed by atoms with Crippen LogP contribution in [0, 0.1) is 19.3 Å². The van der Waals surface area contributed by atoms with Crippen molar-refractivity contribution < 1.29 is 9.53 Å². The van der Waals surface area contributed by atoms with E-state index < -0.39 is 0 Å². The fourth-order valence-electron chi connectivity index (χ4n) is 1.07. The Balaban J connectivity index is 3.12. The lowest BCUT2D eigenvalue weighted by atomic mass is 10.1. The van der Waals surface area contributed by atoms with Crippen LogP contribution < -0.4 is 4.74 Å². The molecule has 1 rings (SSSR count). The van der Waals surface area contributed by atoms with Crippen LogP contribution in [-0.4, -0.2) is 12.9 Å². The standard InChI is InChI=1S/C11H9ClO2/c1-3-6-14-11-5-4-10(12)8(2)9(11)7-13/h1,4-5,7H,6H2,2H3. The highest BCUT2D eigenvalue weighted by atomic mass is 35.5. The van der Waals surface area contributed by atoms with E-state index >= 15 is 0 Å². The van der Waals surface area contributed by atoms with Gasteiger partial charge in [0.2, 0.25) is 0 Å². The van der Waals surface area contributed by atoms with Crippen molar-refractivity contribution >= 4 is 17.9 Å². The number of terminal acetylenes is 1. The van der Waals surface area contributed by atoms with E-state index in [0.29, 0.717) is 28.2 Å². The molecule has 0 spiro atoms. The summed E-state index contributed by atoms with van der Waals surface area (Å²) in [6.07, 6.45) is 5.76. The van der Waals surface area contributed by atoms with Crippen LogP contribution >= 0.6 is 11.6 Å². The summed E-state index contributed by atoms with van der Waals surface area (Å²) in [6, 6.07) is 3.31. The maximum atomic E-state index is 10.8. The number of halogens is 1. The zero-order valence-corrected chi connectivity index (χ0v) is 8.47. The monoisotopic (exact) mass is 208 g/mol. The van der Waals surface area contributed by atoms with Crippen molar-refractivity contribution in [1.29, 1.82) is 0 Å². The van der Waals surface area contributed by atoms with Gasteiger partial charge >= 0.3 is 0 Å². The Kier molecular flexibility index (Phi) is 3.55. The van der Waals surface area contributed by atoms with Crippen molar-refractivity contribution in [2.24, 2.45) is 0 Å². The zero-order chi connectivity index (χ0) is 10.6. The quantitative estimate of drug-likeness (QED) is 0.564. The third-order valence-corrected chi connectivity index (χ3v) is 2.25. The Labute approximate surface area is 87.8 Å². The average molecular weight is 209 g/mol. The lowest BCUT2D eigenvalue weighted by Crippen LogP contribution is -1.99. The molecule has 1 aromatic rings. The normalized spacial score (nSPS) is 9.21. The predicted molar refractivity (Wildman–Crippen MR) is 55.9 cm³/mol. The van der Waals surface area contributed by atoms with Crippen molar-refractivity contribution in [3.05, 3.63) is 28.3 Å². The number of carbonyl (C=O) groups is 1. The Morgan fingerprint density at radius 3 is 2.93 bits per heavy atom. The lowest BCUT2D eigenvalue weighted by molar-refractivity contribution is 0.111. The van der Waals surface area contributed by atoms with E-state index in [1.165, 1.54) is 0 Å². The zero-order valence-electron chi connectivity index (χ0n) is 7.71. The van der Waals surface area contributed by atoms with Gasteiger partial charge in [-0.05, 0) is 24.6 Å². The van der Waals surface area contributed by atoms with Gasteiger partial charge in [0.1, 0.15) is 12.4 Å². The molecule has 72 valence electrons. The number of aldehydes is 1. The summed E-state index contributed by atoms with van der Waals surface area (Å²) in [7, 11) is 0. The van der Waals surface area contributed by atoms with Gasteiger partial charge in [0, 0.05) is 5.02 Å². The SMILES string of the molecule is C#CCOc1ccc(Cl)c(C)c1C=O. The molecular formula is C11H9ClO2. The predicted octanol–water partition coefficient (Wildman–Crippen LogP) is 2.47. The maximum Gasteiger partial charge on any atom is 0.154 e. The molecule has 1 aromatic carbocycles. The Morgan fingerprint density at radius 2 is 2.36 bits per heavy atom. The van der Waals surface area contributed by atoms with E-state index in [0.717, 1.165) is 0 Å². The van der Waals surface area contributed by atoms with Gasteiger partial charge in [-0.15, -0.1) is 6.42 Å². The van der Waals surface area contributed by atoms with E-state index in [1.807, 2.05) is 0 Å². The minimum Gasteiger partial charge on any atom is -0.480 e. The Morgan fingerprint density at radius 1 is 1.64 bits per heavy atom. The second-order valence-corrected chi connectivity index (χ2v) is 3.10. The van der Waals surface area contributed by atoms with Crippen LogP contribution in [0.25, 0.3) is 0 Å². The number of hydrogen-bond donors (Lipinski definition) is 0. The van der Waals surface area contributed by atoms with E-state index in [-0.39, 0.29) is 6.61 Å². The molecule has 0 aromatic heterocycles. The third kappa shape index (κ3) is 2.07. The summed E-state index contributed by atoms with van der Waals surface area (Å²) in [5, 5.41) is 0.542. The molecule has 0 aliphatic heterocycles. The summed E-state index contributed by atoms with van der Waals surface area (Å²) >= 11 is 5.84. The van der Waals surface area contributed by atoms with Crippen molar-refractivity contribution in [3.63, 3.8) is 0 Å². The minimum atomic E-state index is 0.141. The molecule has 0 fully saturated rings. The van der Waals surface area contributed by atoms with E-state index in [4.69, 9.17) is 22.8 Å². The first-order chi connectivity index (χ1) is 6.70. The molecule has 0 atom stereocenters. The Hall–Kier alpha value is -1.46. The second-order valence-electron chi connectivity index (χ2n) is 2.69. The summed E-state index contributed by atoms with van der Waals surface area (Å²) in [4.78, 5) is 10.8. The van der Waals surface area contributed by atoms with Crippen LogP contribution in [-0.2, 0) is 0 Å². The Bertz CT molecular complexity index is 391. The van der Waals surface area contributed by atoms with E-state index in [1.54, 1.807) is 19.1 Å². The number of carbonyl (C=O) groups excluding carboxylic acids is 1. The van der Waals surface area contributed by atoms with Crippen LogP contribution in [0.4, 0.5) is 0 Å². The molecule has 0 N–H and O–H groups in total. The first kappa shape index (κ1) is 10.6. The molecule has 14 heavy (non-hydrogen) atoms.